The molecule has 1 saturated heterocycles. The Kier molecular flexibility index (Phi) is 4.56. The van der Waals surface area contributed by atoms with Crippen molar-refractivity contribution in [3.63, 3.8) is 0 Å². The molecule has 110 valence electrons. The highest BCUT2D eigenvalue weighted by atomic mass is 79.9. The molecule has 0 atom stereocenters. The maximum Gasteiger partial charge on any atom is 0.251 e. The van der Waals surface area contributed by atoms with Crippen molar-refractivity contribution in [2.24, 2.45) is 5.92 Å². The lowest BCUT2D eigenvalue weighted by Gasteiger charge is -2.22. The Labute approximate surface area is 132 Å². The van der Waals surface area contributed by atoms with Gasteiger partial charge in [0.15, 0.2) is 0 Å². The van der Waals surface area contributed by atoms with Gasteiger partial charge >= 0.3 is 0 Å². The van der Waals surface area contributed by atoms with Crippen LogP contribution in [-0.2, 0) is 4.74 Å². The average molecular weight is 348 g/mol. The van der Waals surface area contributed by atoms with Crippen molar-refractivity contribution < 1.29 is 9.53 Å². The van der Waals surface area contributed by atoms with Crippen molar-refractivity contribution in [3.8, 4) is 0 Å². The summed E-state index contributed by atoms with van der Waals surface area (Å²) in [5, 5.41) is 5.25. The smallest absolute Gasteiger partial charge is 0.251 e. The number of carbonyl (C=O) groups excluding carboxylic acids is 1. The molecule has 1 amide bonds. The van der Waals surface area contributed by atoms with Crippen LogP contribution in [-0.4, -0.2) is 25.7 Å². The lowest BCUT2D eigenvalue weighted by atomic mass is 10.00. The lowest BCUT2D eigenvalue weighted by molar-refractivity contribution is 0.0643. The largest absolute Gasteiger partial charge is 0.381 e. The zero-order chi connectivity index (χ0) is 14.7. The molecule has 0 bridgehead atoms. The molecule has 1 aliphatic heterocycles. The topological polar surface area (TPSA) is 38.3 Å². The van der Waals surface area contributed by atoms with Gasteiger partial charge in [0.05, 0.1) is 0 Å². The van der Waals surface area contributed by atoms with Crippen LogP contribution in [0.25, 0.3) is 10.8 Å². The van der Waals surface area contributed by atoms with Crippen LogP contribution in [0.4, 0.5) is 0 Å². The molecule has 1 N–H and O–H groups in total. The van der Waals surface area contributed by atoms with E-state index >= 15 is 0 Å². The van der Waals surface area contributed by atoms with Crippen molar-refractivity contribution in [2.75, 3.05) is 19.8 Å². The molecule has 1 aliphatic rings. The van der Waals surface area contributed by atoms with Gasteiger partial charge in [-0.3, -0.25) is 4.79 Å². The van der Waals surface area contributed by atoms with Crippen molar-refractivity contribution in [1.29, 1.82) is 0 Å². The number of rotatable bonds is 3. The molecule has 1 heterocycles. The summed E-state index contributed by atoms with van der Waals surface area (Å²) in [4.78, 5) is 12.2. The van der Waals surface area contributed by atoms with Crippen molar-refractivity contribution >= 4 is 32.6 Å². The number of hydrogen-bond donors (Lipinski definition) is 1. The molecule has 3 nitrogen and oxygen atoms in total. The quantitative estimate of drug-likeness (QED) is 0.917. The number of fused-ring (bicyclic) bond motifs is 1. The van der Waals surface area contributed by atoms with Crippen molar-refractivity contribution in [1.82, 2.24) is 5.32 Å². The highest BCUT2D eigenvalue weighted by Crippen LogP contribution is 2.21. The van der Waals surface area contributed by atoms with E-state index in [0.29, 0.717) is 5.92 Å². The summed E-state index contributed by atoms with van der Waals surface area (Å²) in [7, 11) is 0. The van der Waals surface area contributed by atoms with Crippen LogP contribution in [0.5, 0.6) is 0 Å². The van der Waals surface area contributed by atoms with E-state index in [1.807, 2.05) is 30.3 Å². The van der Waals surface area contributed by atoms with E-state index in [0.717, 1.165) is 53.4 Å². The lowest BCUT2D eigenvalue weighted by Crippen LogP contribution is -2.32. The Morgan fingerprint density at radius 2 is 1.86 bits per heavy atom. The molecule has 4 heteroatoms. The summed E-state index contributed by atoms with van der Waals surface area (Å²) in [5.74, 6) is 0.547. The van der Waals surface area contributed by atoms with Crippen molar-refractivity contribution in [2.45, 2.75) is 12.8 Å². The molecule has 2 aromatic carbocycles. The first-order chi connectivity index (χ1) is 10.2. The Hall–Kier alpha value is -1.39. The minimum atomic E-state index is 0.00584. The highest BCUT2D eigenvalue weighted by Gasteiger charge is 2.15. The van der Waals surface area contributed by atoms with Gasteiger partial charge in [-0.15, -0.1) is 0 Å². The standard InChI is InChI=1S/C17H18BrNO2/c18-16-4-3-13-9-15(2-1-14(13)10-16)17(20)19-11-12-5-7-21-8-6-12/h1-4,9-10,12H,5-8,11H2,(H,19,20). The monoisotopic (exact) mass is 347 g/mol. The van der Waals surface area contributed by atoms with Crippen LogP contribution in [0.3, 0.4) is 0 Å². The molecule has 0 aliphatic carbocycles. The van der Waals surface area contributed by atoms with E-state index < -0.39 is 0 Å². The second-order valence-corrected chi connectivity index (χ2v) is 6.39. The molecular formula is C17H18BrNO2. The number of nitrogens with one attached hydrogen (secondary N) is 1. The Morgan fingerprint density at radius 1 is 1.14 bits per heavy atom. The van der Waals surface area contributed by atoms with E-state index in [2.05, 4.69) is 27.3 Å². The first-order valence-electron chi connectivity index (χ1n) is 7.27. The maximum atomic E-state index is 12.2. The summed E-state index contributed by atoms with van der Waals surface area (Å²) < 4.78 is 6.38. The van der Waals surface area contributed by atoms with E-state index in [9.17, 15) is 4.79 Å². The van der Waals surface area contributed by atoms with Crippen LogP contribution in [0, 0.1) is 5.92 Å². The van der Waals surface area contributed by atoms with E-state index in [1.54, 1.807) is 0 Å². The van der Waals surface area contributed by atoms with Gasteiger partial charge in [0.2, 0.25) is 0 Å². The molecule has 2 aromatic rings. The second kappa shape index (κ2) is 6.58. The Morgan fingerprint density at radius 3 is 2.67 bits per heavy atom. The van der Waals surface area contributed by atoms with E-state index in [-0.39, 0.29) is 5.91 Å². The van der Waals surface area contributed by atoms with Gasteiger partial charge in [0.25, 0.3) is 5.91 Å². The Bertz CT molecular complexity index is 650. The number of hydrogen-bond acceptors (Lipinski definition) is 2. The predicted octanol–water partition coefficient (Wildman–Crippen LogP) is 3.76. The van der Waals surface area contributed by atoms with Crippen molar-refractivity contribution in [3.05, 3.63) is 46.4 Å². The summed E-state index contributed by atoms with van der Waals surface area (Å²) >= 11 is 3.46. The van der Waals surface area contributed by atoms with Crippen LogP contribution >= 0.6 is 15.9 Å². The van der Waals surface area contributed by atoms with Crippen LogP contribution in [0.2, 0.25) is 0 Å². The molecular weight excluding hydrogens is 330 g/mol. The second-order valence-electron chi connectivity index (χ2n) is 5.47. The Balaban J connectivity index is 1.67. The van der Waals surface area contributed by atoms with Gasteiger partial charge in [-0.25, -0.2) is 0 Å². The summed E-state index contributed by atoms with van der Waals surface area (Å²) in [6.07, 6.45) is 2.07. The summed E-state index contributed by atoms with van der Waals surface area (Å²) in [6, 6.07) is 11.9. The maximum absolute atomic E-state index is 12.2. The third-order valence-corrected chi connectivity index (χ3v) is 4.45. The van der Waals surface area contributed by atoms with Gasteiger partial charge < -0.3 is 10.1 Å². The fourth-order valence-corrected chi connectivity index (χ4v) is 3.03. The molecule has 21 heavy (non-hydrogen) atoms. The van der Waals surface area contributed by atoms with Gasteiger partial charge in [-0.2, -0.15) is 0 Å². The fraction of sp³-hybridized carbons (Fsp3) is 0.353. The third kappa shape index (κ3) is 3.63. The normalized spacial score (nSPS) is 16.0. The predicted molar refractivity (Wildman–Crippen MR) is 87.5 cm³/mol. The minimum absolute atomic E-state index is 0.00584. The number of benzene rings is 2. The van der Waals surface area contributed by atoms with Gasteiger partial charge in [-0.05, 0) is 53.8 Å². The molecule has 0 saturated carbocycles. The SMILES string of the molecule is O=C(NCC1CCOCC1)c1ccc2cc(Br)ccc2c1. The summed E-state index contributed by atoms with van der Waals surface area (Å²) in [5.41, 5.74) is 0.719. The number of halogens is 1. The first kappa shape index (κ1) is 14.5. The minimum Gasteiger partial charge on any atom is -0.381 e. The summed E-state index contributed by atoms with van der Waals surface area (Å²) in [6.45, 7) is 2.36. The zero-order valence-corrected chi connectivity index (χ0v) is 13.4. The van der Waals surface area contributed by atoms with E-state index in [4.69, 9.17) is 4.74 Å². The molecule has 0 spiro atoms. The van der Waals surface area contributed by atoms with Crippen LogP contribution in [0.15, 0.2) is 40.9 Å². The number of amides is 1. The molecule has 0 radical (unpaired) electrons. The van der Waals surface area contributed by atoms with Gasteiger partial charge in [0.1, 0.15) is 0 Å². The van der Waals surface area contributed by atoms with Crippen LogP contribution < -0.4 is 5.32 Å². The molecule has 0 unspecified atom stereocenters. The third-order valence-electron chi connectivity index (χ3n) is 3.96. The van der Waals surface area contributed by atoms with Gasteiger partial charge in [0, 0.05) is 29.8 Å². The first-order valence-corrected chi connectivity index (χ1v) is 8.07. The highest BCUT2D eigenvalue weighted by molar-refractivity contribution is 9.10. The zero-order valence-electron chi connectivity index (χ0n) is 11.8. The fourth-order valence-electron chi connectivity index (χ4n) is 2.65. The van der Waals surface area contributed by atoms with E-state index in [1.165, 1.54) is 0 Å². The molecule has 0 aromatic heterocycles. The molecule has 3 rings (SSSR count). The van der Waals surface area contributed by atoms with Crippen LogP contribution in [0.1, 0.15) is 23.2 Å². The van der Waals surface area contributed by atoms with Gasteiger partial charge in [-0.1, -0.05) is 28.1 Å². The molecule has 1 fully saturated rings. The average Bonchev–Trinajstić information content (AvgIpc) is 2.53. The number of ether oxygens (including phenoxy) is 1. The number of carbonyl (C=O) groups is 1.